The fourth-order valence-corrected chi connectivity index (χ4v) is 18.2. The highest BCUT2D eigenvalue weighted by Gasteiger charge is 2.57. The van der Waals surface area contributed by atoms with Crippen molar-refractivity contribution in [3.63, 3.8) is 0 Å². The van der Waals surface area contributed by atoms with Crippen LogP contribution in [0.1, 0.15) is 92.6 Å². The first-order chi connectivity index (χ1) is 23.8. The van der Waals surface area contributed by atoms with Gasteiger partial charge in [0.05, 0.1) is 20.2 Å². The van der Waals surface area contributed by atoms with Crippen LogP contribution in [0.5, 0.6) is 0 Å². The van der Waals surface area contributed by atoms with Gasteiger partial charge in [-0.3, -0.25) is 9.59 Å². The van der Waals surface area contributed by atoms with Crippen LogP contribution in [0.2, 0.25) is 0 Å². The van der Waals surface area contributed by atoms with E-state index < -0.39 is 0 Å². The number of ketones is 2. The highest BCUT2D eigenvalue weighted by molar-refractivity contribution is 8.21. The Morgan fingerprint density at radius 3 is 1.88 bits per heavy atom. The van der Waals surface area contributed by atoms with E-state index in [1.165, 1.54) is 39.2 Å². The van der Waals surface area contributed by atoms with Crippen LogP contribution in [0.4, 0.5) is 0 Å². The molecule has 2 fully saturated rings. The first-order valence-corrected chi connectivity index (χ1v) is 22.6. The molecule has 49 heavy (non-hydrogen) atoms. The topological polar surface area (TPSA) is 40.6 Å². The molecule has 0 saturated carbocycles. The van der Waals surface area contributed by atoms with Gasteiger partial charge in [0.2, 0.25) is 0 Å². The number of rotatable bonds is 1. The van der Waals surface area contributed by atoms with Gasteiger partial charge < -0.3 is 9.80 Å². The Morgan fingerprint density at radius 2 is 1.20 bits per heavy atom. The normalized spacial score (nSPS) is 36.3. The summed E-state index contributed by atoms with van der Waals surface area (Å²) < 4.78 is -0.237. The van der Waals surface area contributed by atoms with Crippen LogP contribution in [0.15, 0.2) is 71.1 Å². The summed E-state index contributed by atoms with van der Waals surface area (Å²) in [5.41, 5.74) is 11.2. The van der Waals surface area contributed by atoms with Gasteiger partial charge in [0, 0.05) is 78.7 Å². The molecule has 0 radical (unpaired) electrons. The first kappa shape index (κ1) is 32.0. The van der Waals surface area contributed by atoms with Crippen LogP contribution in [-0.4, -0.2) is 65.6 Å². The van der Waals surface area contributed by atoms with Gasteiger partial charge in [-0.25, -0.2) is 0 Å². The van der Waals surface area contributed by atoms with E-state index in [0.717, 1.165) is 68.2 Å². The standard InChI is InChI=1S/C41H46N2O2S4/c1-24-15-32-38(36(44)17-24)41(19-34-28-8-4-3-7-26(28)11-12-42(32)34)48-22-27(23-49-41)31-21-43-33-16-25(2)18-37(45)39(33)40(46-13-14-47-40)20-35(43)30-10-6-5-9-29(30)31/h3-10,24-25,27,31,34-35H,11-23H2,1-2H3. The van der Waals surface area contributed by atoms with Gasteiger partial charge >= 0.3 is 0 Å². The number of hydrogen-bond acceptors (Lipinski definition) is 8. The second-order valence-electron chi connectivity index (χ2n) is 16.1. The Labute approximate surface area is 308 Å². The van der Waals surface area contributed by atoms with E-state index in [1.807, 2.05) is 0 Å². The molecule has 6 aliphatic heterocycles. The maximum atomic E-state index is 14.1. The molecule has 8 heteroatoms. The number of allylic oxidation sites excluding steroid dienone is 2. The number of nitrogens with zero attached hydrogens (tertiary/aromatic N) is 2. The van der Waals surface area contributed by atoms with Gasteiger partial charge in [0.25, 0.3) is 0 Å². The van der Waals surface area contributed by atoms with Crippen molar-refractivity contribution in [3.05, 3.63) is 93.3 Å². The Morgan fingerprint density at radius 1 is 0.653 bits per heavy atom. The molecule has 0 amide bonds. The molecule has 5 atom stereocenters. The Hall–Kier alpha value is -1.74. The van der Waals surface area contributed by atoms with E-state index in [4.69, 9.17) is 0 Å². The van der Waals surface area contributed by atoms with E-state index in [0.29, 0.717) is 60.2 Å². The second-order valence-corrected chi connectivity index (χ2v) is 22.0. The van der Waals surface area contributed by atoms with Gasteiger partial charge in [-0.1, -0.05) is 62.4 Å². The molecule has 8 aliphatic rings. The summed E-state index contributed by atoms with van der Waals surface area (Å²) in [6.07, 6.45) is 6.60. The summed E-state index contributed by atoms with van der Waals surface area (Å²) in [6, 6.07) is 19.2. The number of Topliss-reactive ketones (excluding diaryl/α,β-unsaturated/α-hetero) is 2. The van der Waals surface area contributed by atoms with Crippen LogP contribution in [0.3, 0.4) is 0 Å². The molecule has 2 aliphatic carbocycles. The fraction of sp³-hybridized carbons (Fsp3) is 0.561. The summed E-state index contributed by atoms with van der Waals surface area (Å²) >= 11 is 8.35. The molecule has 2 spiro atoms. The third-order valence-electron chi connectivity index (χ3n) is 13.0. The van der Waals surface area contributed by atoms with E-state index in [9.17, 15) is 9.59 Å². The minimum atomic E-state index is -0.166. The van der Waals surface area contributed by atoms with Gasteiger partial charge in [-0.05, 0) is 70.8 Å². The molecule has 5 unspecified atom stereocenters. The molecule has 0 aromatic heterocycles. The molecule has 0 bridgehead atoms. The summed E-state index contributed by atoms with van der Waals surface area (Å²) in [6.45, 7) is 6.60. The van der Waals surface area contributed by atoms with Crippen LogP contribution in [0.25, 0.3) is 0 Å². The lowest BCUT2D eigenvalue weighted by Gasteiger charge is -2.56. The number of carbonyl (C=O) groups is 2. The summed E-state index contributed by atoms with van der Waals surface area (Å²) in [7, 11) is 0. The lowest BCUT2D eigenvalue weighted by Crippen LogP contribution is -2.52. The van der Waals surface area contributed by atoms with Gasteiger partial charge in [-0.15, -0.1) is 47.0 Å². The fourth-order valence-electron chi connectivity index (χ4n) is 10.9. The molecule has 10 rings (SSSR count). The molecule has 2 aromatic carbocycles. The maximum Gasteiger partial charge on any atom is 0.163 e. The largest absolute Gasteiger partial charge is 0.367 e. The van der Waals surface area contributed by atoms with Crippen molar-refractivity contribution in [1.29, 1.82) is 0 Å². The minimum absolute atomic E-state index is 0.0708. The first-order valence-electron chi connectivity index (χ1n) is 18.6. The average molecular weight is 727 g/mol. The Kier molecular flexibility index (Phi) is 7.76. The summed E-state index contributed by atoms with van der Waals surface area (Å²) in [4.78, 5) is 33.3. The van der Waals surface area contributed by atoms with E-state index in [1.54, 1.807) is 5.56 Å². The maximum absolute atomic E-state index is 14.1. The predicted octanol–water partition coefficient (Wildman–Crippen LogP) is 9.01. The van der Waals surface area contributed by atoms with E-state index in [-0.39, 0.29) is 8.16 Å². The molecule has 0 N–H and O–H groups in total. The smallest absolute Gasteiger partial charge is 0.163 e. The van der Waals surface area contributed by atoms with E-state index >= 15 is 0 Å². The van der Waals surface area contributed by atoms with Crippen LogP contribution in [-0.2, 0) is 16.0 Å². The van der Waals surface area contributed by atoms with Gasteiger partial charge in [-0.2, -0.15) is 0 Å². The third-order valence-corrected chi connectivity index (χ3v) is 20.0. The van der Waals surface area contributed by atoms with Crippen molar-refractivity contribution in [2.24, 2.45) is 17.8 Å². The second kappa shape index (κ2) is 11.9. The SMILES string of the molecule is CC1CC(=O)C2=C(C1)N1CCc3ccccc3C1CC21SCC(C2CN3C4=C(C(=O)CC(C)C4)C4(CC3c3ccccc32)SCCS4)CS1. The zero-order valence-electron chi connectivity index (χ0n) is 28.6. The number of thioether (sulfide) groups is 4. The minimum Gasteiger partial charge on any atom is -0.367 e. The molecule has 4 nitrogen and oxygen atoms in total. The Bertz CT molecular complexity index is 1800. The van der Waals surface area contributed by atoms with Crippen molar-refractivity contribution in [1.82, 2.24) is 9.80 Å². The van der Waals surface area contributed by atoms with Gasteiger partial charge in [0.15, 0.2) is 11.6 Å². The average Bonchev–Trinajstić information content (AvgIpc) is 3.56. The highest BCUT2D eigenvalue weighted by atomic mass is 32.2. The van der Waals surface area contributed by atoms with Crippen LogP contribution >= 0.6 is 47.0 Å². The summed E-state index contributed by atoms with van der Waals surface area (Å²) in [5.74, 6) is 7.04. The van der Waals surface area contributed by atoms with Crippen LogP contribution < -0.4 is 0 Å². The molecule has 2 saturated heterocycles. The van der Waals surface area contributed by atoms with Gasteiger partial charge in [0.1, 0.15) is 0 Å². The molecular formula is C41H46N2O2S4. The molecule has 256 valence electrons. The zero-order chi connectivity index (χ0) is 33.1. The number of benzene rings is 2. The van der Waals surface area contributed by atoms with Crippen molar-refractivity contribution in [3.8, 4) is 0 Å². The number of hydrogen-bond donors (Lipinski definition) is 0. The van der Waals surface area contributed by atoms with Crippen LogP contribution in [0, 0.1) is 17.8 Å². The third kappa shape index (κ3) is 4.88. The van der Waals surface area contributed by atoms with Crippen molar-refractivity contribution in [2.75, 3.05) is 36.1 Å². The molecule has 2 aromatic rings. The highest BCUT2D eigenvalue weighted by Crippen LogP contribution is 2.65. The zero-order valence-corrected chi connectivity index (χ0v) is 31.9. The molecule has 6 heterocycles. The predicted molar refractivity (Wildman–Crippen MR) is 207 cm³/mol. The lowest BCUT2D eigenvalue weighted by atomic mass is 9.73. The molecular weight excluding hydrogens is 681 g/mol. The quantitative estimate of drug-likeness (QED) is 0.289. The Balaban J connectivity index is 1.00. The van der Waals surface area contributed by atoms with Crippen molar-refractivity contribution >= 4 is 58.6 Å². The van der Waals surface area contributed by atoms with Crippen molar-refractivity contribution in [2.45, 2.75) is 85.0 Å². The summed E-state index contributed by atoms with van der Waals surface area (Å²) in [5, 5.41) is 0. The number of carbonyl (C=O) groups excluding carboxylic acids is 2. The number of fused-ring (bicyclic) bond motifs is 10. The van der Waals surface area contributed by atoms with E-state index in [2.05, 4.69) is 119 Å². The monoisotopic (exact) mass is 726 g/mol. The van der Waals surface area contributed by atoms with Crippen molar-refractivity contribution < 1.29 is 9.59 Å². The lowest BCUT2D eigenvalue weighted by molar-refractivity contribution is -0.118.